The molecule has 0 radical (unpaired) electrons. The fourth-order valence-corrected chi connectivity index (χ4v) is 6.94. The highest BCUT2D eigenvalue weighted by molar-refractivity contribution is 7.16. The molecule has 1 aliphatic carbocycles. The lowest BCUT2D eigenvalue weighted by molar-refractivity contribution is 0.0452. The van der Waals surface area contributed by atoms with E-state index in [1.807, 2.05) is 40.0 Å². The summed E-state index contributed by atoms with van der Waals surface area (Å²) in [6.45, 7) is 7.57. The molecule has 0 bridgehead atoms. The Morgan fingerprint density at radius 3 is 2.66 bits per heavy atom. The van der Waals surface area contributed by atoms with E-state index in [9.17, 15) is 9.59 Å². The maximum Gasteiger partial charge on any atom is 0.407 e. The smallest absolute Gasteiger partial charge is 0.407 e. The number of methoxy groups -OCH3 is 1. The van der Waals surface area contributed by atoms with Gasteiger partial charge in [0.05, 0.1) is 18.3 Å². The minimum atomic E-state index is -0.573. The van der Waals surface area contributed by atoms with Crippen LogP contribution in [0.15, 0.2) is 29.6 Å². The summed E-state index contributed by atoms with van der Waals surface area (Å²) < 4.78 is 15.7. The first-order valence-electron chi connectivity index (χ1n) is 14.5. The van der Waals surface area contributed by atoms with Gasteiger partial charge < -0.3 is 28.8 Å². The molecular formula is C31H39N5O4S. The van der Waals surface area contributed by atoms with Gasteiger partial charge in [-0.15, -0.1) is 11.3 Å². The Balaban J connectivity index is 1.30. The third-order valence-electron chi connectivity index (χ3n) is 8.23. The van der Waals surface area contributed by atoms with Gasteiger partial charge in [0.15, 0.2) is 5.82 Å². The Labute approximate surface area is 244 Å². The molecular weight excluding hydrogens is 538 g/mol. The van der Waals surface area contributed by atoms with Crippen LogP contribution < -0.4 is 10.1 Å². The SMILES string of the molecule is COc1cc(C(=O)N2CCC[C@@H](NC(=O)OC(C)(C)C)C2)cc2nc(-c3cc4ccsc4n3CC3CCC3)n(C)c12. The van der Waals surface area contributed by atoms with Crippen LogP contribution in [0, 0.1) is 5.92 Å². The Morgan fingerprint density at radius 1 is 1.15 bits per heavy atom. The Morgan fingerprint density at radius 2 is 1.95 bits per heavy atom. The second-order valence-electron chi connectivity index (χ2n) is 12.4. The fraction of sp³-hybridized carbons (Fsp3) is 0.516. The average Bonchev–Trinajstić information content (AvgIpc) is 3.57. The molecule has 10 heteroatoms. The molecule has 6 rings (SSSR count). The van der Waals surface area contributed by atoms with E-state index in [-0.39, 0.29) is 11.9 Å². The van der Waals surface area contributed by atoms with E-state index in [0.29, 0.717) is 30.3 Å². The number of fused-ring (bicyclic) bond motifs is 2. The van der Waals surface area contributed by atoms with Crippen LogP contribution in [0.2, 0.25) is 0 Å². The van der Waals surface area contributed by atoms with E-state index >= 15 is 0 Å². The highest BCUT2D eigenvalue weighted by atomic mass is 32.1. The van der Waals surface area contributed by atoms with Crippen molar-refractivity contribution in [2.24, 2.45) is 13.0 Å². The zero-order valence-electron chi connectivity index (χ0n) is 24.5. The Bertz CT molecular complexity index is 1610. The maximum atomic E-state index is 13.7. The van der Waals surface area contributed by atoms with Gasteiger partial charge in [0.2, 0.25) is 0 Å². The van der Waals surface area contributed by atoms with Crippen molar-refractivity contribution in [3.05, 3.63) is 35.2 Å². The van der Waals surface area contributed by atoms with Crippen LogP contribution in [0.4, 0.5) is 4.79 Å². The minimum absolute atomic E-state index is 0.0954. The lowest BCUT2D eigenvalue weighted by Crippen LogP contribution is -2.50. The number of likely N-dealkylation sites (tertiary alicyclic amines) is 1. The molecule has 9 nitrogen and oxygen atoms in total. The van der Waals surface area contributed by atoms with E-state index in [4.69, 9.17) is 14.5 Å². The number of carbonyl (C=O) groups is 2. The third-order valence-corrected chi connectivity index (χ3v) is 9.18. The average molecular weight is 578 g/mol. The molecule has 41 heavy (non-hydrogen) atoms. The van der Waals surface area contributed by atoms with Gasteiger partial charge in [-0.25, -0.2) is 9.78 Å². The van der Waals surface area contributed by atoms with Crippen LogP contribution in [-0.4, -0.2) is 62.9 Å². The number of hydrogen-bond donors (Lipinski definition) is 1. The lowest BCUT2D eigenvalue weighted by atomic mass is 9.85. The van der Waals surface area contributed by atoms with E-state index in [1.165, 1.54) is 29.5 Å². The van der Waals surface area contributed by atoms with Crippen molar-refractivity contribution in [3.63, 3.8) is 0 Å². The van der Waals surface area contributed by atoms with Crippen molar-refractivity contribution < 1.29 is 19.1 Å². The van der Waals surface area contributed by atoms with Crippen molar-refractivity contribution in [2.75, 3.05) is 20.2 Å². The summed E-state index contributed by atoms with van der Waals surface area (Å²) in [4.78, 5) is 34.2. The van der Waals surface area contributed by atoms with Crippen LogP contribution in [0.5, 0.6) is 5.75 Å². The second kappa shape index (κ2) is 10.7. The highest BCUT2D eigenvalue weighted by Gasteiger charge is 2.29. The molecule has 1 saturated carbocycles. The molecule has 4 heterocycles. The van der Waals surface area contributed by atoms with Crippen LogP contribution in [0.1, 0.15) is 63.2 Å². The molecule has 0 unspecified atom stereocenters. The summed E-state index contributed by atoms with van der Waals surface area (Å²) in [5, 5.41) is 6.32. The van der Waals surface area contributed by atoms with Gasteiger partial charge in [-0.3, -0.25) is 4.79 Å². The van der Waals surface area contributed by atoms with Crippen LogP contribution in [0.25, 0.3) is 32.8 Å². The van der Waals surface area contributed by atoms with Gasteiger partial charge in [0, 0.05) is 43.7 Å². The summed E-state index contributed by atoms with van der Waals surface area (Å²) in [6, 6.07) is 7.93. The molecule has 2 fully saturated rings. The first-order chi connectivity index (χ1) is 19.6. The number of carbonyl (C=O) groups excluding carboxylic acids is 2. The molecule has 2 aliphatic rings. The first-order valence-corrected chi connectivity index (χ1v) is 15.4. The van der Waals surface area contributed by atoms with Crippen LogP contribution in [0.3, 0.4) is 0 Å². The van der Waals surface area contributed by atoms with Gasteiger partial charge in [-0.2, -0.15) is 0 Å². The second-order valence-corrected chi connectivity index (χ2v) is 13.3. The summed E-state index contributed by atoms with van der Waals surface area (Å²) in [6.07, 6.45) is 5.00. The number of aryl methyl sites for hydroxylation is 1. The van der Waals surface area contributed by atoms with E-state index in [2.05, 4.69) is 32.0 Å². The maximum absolute atomic E-state index is 13.7. The van der Waals surface area contributed by atoms with Crippen molar-refractivity contribution in [3.8, 4) is 17.3 Å². The number of thiophene rings is 1. The van der Waals surface area contributed by atoms with Crippen molar-refractivity contribution in [1.29, 1.82) is 0 Å². The molecule has 3 aromatic heterocycles. The highest BCUT2D eigenvalue weighted by Crippen LogP contribution is 2.38. The number of amides is 2. The topological polar surface area (TPSA) is 90.6 Å². The summed E-state index contributed by atoms with van der Waals surface area (Å²) in [5.74, 6) is 2.09. The minimum Gasteiger partial charge on any atom is -0.494 e. The zero-order chi connectivity index (χ0) is 28.9. The number of aromatic nitrogens is 3. The molecule has 1 aromatic carbocycles. The van der Waals surface area contributed by atoms with Gasteiger partial charge in [0.25, 0.3) is 5.91 Å². The van der Waals surface area contributed by atoms with E-state index in [0.717, 1.165) is 41.9 Å². The molecule has 4 aromatic rings. The van der Waals surface area contributed by atoms with Gasteiger partial charge in [0.1, 0.15) is 21.7 Å². The fourth-order valence-electron chi connectivity index (χ4n) is 6.03. The Hall–Kier alpha value is -3.53. The lowest BCUT2D eigenvalue weighted by Gasteiger charge is -2.33. The molecule has 1 aliphatic heterocycles. The molecule has 0 spiro atoms. The predicted molar refractivity (Wildman–Crippen MR) is 162 cm³/mol. The number of benzene rings is 1. The summed E-state index contributed by atoms with van der Waals surface area (Å²) >= 11 is 1.77. The van der Waals surface area contributed by atoms with Gasteiger partial charge in [-0.1, -0.05) is 6.42 Å². The molecule has 218 valence electrons. The molecule has 1 saturated heterocycles. The number of rotatable bonds is 6. The number of imidazole rings is 1. The molecule has 2 amide bonds. The van der Waals surface area contributed by atoms with Gasteiger partial charge >= 0.3 is 6.09 Å². The largest absolute Gasteiger partial charge is 0.494 e. The number of ether oxygens (including phenoxy) is 2. The predicted octanol–water partition coefficient (Wildman–Crippen LogP) is 6.19. The zero-order valence-corrected chi connectivity index (χ0v) is 25.3. The van der Waals surface area contributed by atoms with E-state index in [1.54, 1.807) is 23.3 Å². The van der Waals surface area contributed by atoms with Crippen molar-refractivity contribution in [1.82, 2.24) is 24.3 Å². The number of nitrogens with zero attached hydrogens (tertiary/aromatic N) is 4. The van der Waals surface area contributed by atoms with Crippen LogP contribution >= 0.6 is 11.3 Å². The van der Waals surface area contributed by atoms with Crippen molar-refractivity contribution >= 4 is 44.6 Å². The van der Waals surface area contributed by atoms with Crippen LogP contribution in [-0.2, 0) is 18.3 Å². The number of nitrogens with one attached hydrogen (secondary N) is 1. The standard InChI is InChI=1S/C31H39N5O4S/c1-31(2,3)40-30(38)32-22-10-7-12-35(18-22)28(37)21-14-23-26(25(16-21)39-5)34(4)27(33-23)24-15-20-11-13-41-29(20)36(24)17-19-8-6-9-19/h11,13-16,19,22H,6-10,12,17-18H2,1-5H3,(H,32,38)/t22-/m1/s1. The molecule has 1 N–H and O–H groups in total. The quantitative estimate of drug-likeness (QED) is 0.295. The summed E-state index contributed by atoms with van der Waals surface area (Å²) in [7, 11) is 3.65. The Kier molecular flexibility index (Phi) is 7.21. The third kappa shape index (κ3) is 5.41. The molecule has 1 atom stereocenters. The van der Waals surface area contributed by atoms with Gasteiger partial charge in [-0.05, 0) is 82.0 Å². The normalized spacial score (nSPS) is 18.1. The first kappa shape index (κ1) is 27.6. The number of alkyl carbamates (subject to hydrolysis) is 1. The van der Waals surface area contributed by atoms with E-state index < -0.39 is 11.7 Å². The van der Waals surface area contributed by atoms with Crippen molar-refractivity contribution in [2.45, 2.75) is 71.1 Å². The number of piperidine rings is 1. The summed E-state index contributed by atoms with van der Waals surface area (Å²) in [5.41, 5.74) is 2.64. The monoisotopic (exact) mass is 577 g/mol. The number of hydrogen-bond acceptors (Lipinski definition) is 6.